The number of likely N-dealkylation sites (tertiary alicyclic amines) is 1. The molecule has 6 heteroatoms. The average molecular weight is 378 g/mol. The number of aromatic nitrogens is 1. The molecule has 3 aromatic rings. The number of carbonyl (C=O) groups is 2. The highest BCUT2D eigenvalue weighted by Gasteiger charge is 2.25. The fourth-order valence-electron chi connectivity index (χ4n) is 3.65. The molecular formula is C22H22N2O4. The van der Waals surface area contributed by atoms with Gasteiger partial charge in [-0.3, -0.25) is 9.59 Å². The zero-order valence-corrected chi connectivity index (χ0v) is 15.7. The van der Waals surface area contributed by atoms with Gasteiger partial charge in [0.15, 0.2) is 5.58 Å². The molecule has 6 nitrogen and oxygen atoms in total. The molecular weight excluding hydrogens is 356 g/mol. The second kappa shape index (κ2) is 7.46. The number of benzene rings is 2. The van der Waals surface area contributed by atoms with Gasteiger partial charge in [-0.25, -0.2) is 4.98 Å². The maximum Gasteiger partial charge on any atom is 0.303 e. The first-order valence-electron chi connectivity index (χ1n) is 9.48. The lowest BCUT2D eigenvalue weighted by Crippen LogP contribution is -2.38. The summed E-state index contributed by atoms with van der Waals surface area (Å²) < 4.78 is 5.83. The lowest BCUT2D eigenvalue weighted by Gasteiger charge is -2.31. The molecule has 1 saturated heterocycles. The maximum absolute atomic E-state index is 12.8. The third-order valence-corrected chi connectivity index (χ3v) is 5.30. The summed E-state index contributed by atoms with van der Waals surface area (Å²) in [4.78, 5) is 30.0. The van der Waals surface area contributed by atoms with E-state index in [1.807, 2.05) is 31.2 Å². The monoisotopic (exact) mass is 378 g/mol. The van der Waals surface area contributed by atoms with Gasteiger partial charge in [0.25, 0.3) is 5.91 Å². The number of amides is 1. The summed E-state index contributed by atoms with van der Waals surface area (Å²) in [5.74, 6) is -0.132. The second-order valence-corrected chi connectivity index (χ2v) is 7.40. The van der Waals surface area contributed by atoms with E-state index in [0.29, 0.717) is 35.6 Å². The molecule has 0 saturated carbocycles. The van der Waals surface area contributed by atoms with Gasteiger partial charge in [0, 0.05) is 30.6 Å². The van der Waals surface area contributed by atoms with Gasteiger partial charge < -0.3 is 14.4 Å². The van der Waals surface area contributed by atoms with Gasteiger partial charge in [0.2, 0.25) is 5.89 Å². The van der Waals surface area contributed by atoms with Crippen LogP contribution in [-0.2, 0) is 4.79 Å². The van der Waals surface area contributed by atoms with Crippen molar-refractivity contribution in [2.24, 2.45) is 5.92 Å². The van der Waals surface area contributed by atoms with Gasteiger partial charge in [-0.1, -0.05) is 17.7 Å². The minimum absolute atomic E-state index is 0.0458. The highest BCUT2D eigenvalue weighted by atomic mass is 16.4. The van der Waals surface area contributed by atoms with Crippen LogP contribution in [0.5, 0.6) is 0 Å². The summed E-state index contributed by atoms with van der Waals surface area (Å²) in [5.41, 5.74) is 3.94. The number of hydrogen-bond acceptors (Lipinski definition) is 4. The number of oxazole rings is 1. The Labute approximate surface area is 162 Å². The zero-order chi connectivity index (χ0) is 19.7. The molecule has 0 unspecified atom stereocenters. The molecule has 0 radical (unpaired) electrons. The Hall–Kier alpha value is -3.15. The van der Waals surface area contributed by atoms with Crippen molar-refractivity contribution in [3.8, 4) is 11.5 Å². The Morgan fingerprint density at radius 2 is 1.86 bits per heavy atom. The largest absolute Gasteiger partial charge is 0.481 e. The number of aryl methyl sites for hydroxylation is 1. The molecule has 0 aliphatic carbocycles. The molecule has 0 atom stereocenters. The van der Waals surface area contributed by atoms with Crippen LogP contribution >= 0.6 is 0 Å². The molecule has 4 rings (SSSR count). The smallest absolute Gasteiger partial charge is 0.303 e. The summed E-state index contributed by atoms with van der Waals surface area (Å²) in [7, 11) is 0. The van der Waals surface area contributed by atoms with E-state index in [2.05, 4.69) is 4.98 Å². The first-order valence-corrected chi connectivity index (χ1v) is 9.48. The van der Waals surface area contributed by atoms with E-state index in [9.17, 15) is 9.59 Å². The highest BCUT2D eigenvalue weighted by molar-refractivity contribution is 5.97. The first-order chi connectivity index (χ1) is 13.5. The fraction of sp³-hybridized carbons (Fsp3) is 0.318. The number of hydrogen-bond donors (Lipinski definition) is 1. The average Bonchev–Trinajstić information content (AvgIpc) is 3.11. The summed E-state index contributed by atoms with van der Waals surface area (Å²) in [5, 5.41) is 8.92. The van der Waals surface area contributed by atoms with Crippen LogP contribution < -0.4 is 0 Å². The number of carboxylic acids is 1. The molecule has 144 valence electrons. The van der Waals surface area contributed by atoms with Crippen molar-refractivity contribution >= 4 is 23.0 Å². The van der Waals surface area contributed by atoms with Crippen molar-refractivity contribution in [1.82, 2.24) is 9.88 Å². The minimum Gasteiger partial charge on any atom is -0.481 e. The predicted octanol–water partition coefficient (Wildman–Crippen LogP) is 4.13. The number of rotatable bonds is 4. The number of nitrogens with zero attached hydrogens (tertiary/aromatic N) is 2. The third-order valence-electron chi connectivity index (χ3n) is 5.30. The summed E-state index contributed by atoms with van der Waals surface area (Å²) in [6.45, 7) is 3.20. The second-order valence-electron chi connectivity index (χ2n) is 7.40. The standard InChI is InChI=1S/C22H22N2O4/c1-14-2-4-16(5-3-14)21-23-18-13-17(6-7-19(18)28-21)22(27)24-10-8-15(9-11-24)12-20(25)26/h2-7,13,15H,8-12H2,1H3,(H,25,26). The van der Waals surface area contributed by atoms with Crippen LogP contribution in [-0.4, -0.2) is 40.0 Å². The zero-order valence-electron chi connectivity index (χ0n) is 15.7. The molecule has 1 aromatic heterocycles. The highest BCUT2D eigenvalue weighted by Crippen LogP contribution is 2.27. The normalized spacial score (nSPS) is 15.1. The number of fused-ring (bicyclic) bond motifs is 1. The van der Waals surface area contributed by atoms with Crippen molar-refractivity contribution in [3.63, 3.8) is 0 Å². The summed E-state index contributed by atoms with van der Waals surface area (Å²) in [6.07, 6.45) is 1.62. The van der Waals surface area contributed by atoms with Gasteiger partial charge in [-0.2, -0.15) is 0 Å². The van der Waals surface area contributed by atoms with E-state index < -0.39 is 5.97 Å². The molecule has 1 amide bonds. The topological polar surface area (TPSA) is 83.6 Å². The quantitative estimate of drug-likeness (QED) is 0.738. The van der Waals surface area contributed by atoms with Gasteiger partial charge in [0.1, 0.15) is 5.52 Å². The van der Waals surface area contributed by atoms with Crippen molar-refractivity contribution in [3.05, 3.63) is 53.6 Å². The Morgan fingerprint density at radius 3 is 2.54 bits per heavy atom. The summed E-state index contributed by atoms with van der Waals surface area (Å²) in [6, 6.07) is 13.3. The molecule has 0 bridgehead atoms. The van der Waals surface area contributed by atoms with E-state index in [4.69, 9.17) is 9.52 Å². The van der Waals surface area contributed by atoms with E-state index in [1.54, 1.807) is 23.1 Å². The molecule has 0 spiro atoms. The van der Waals surface area contributed by atoms with Crippen LogP contribution in [0, 0.1) is 12.8 Å². The summed E-state index contributed by atoms with van der Waals surface area (Å²) >= 11 is 0. The van der Waals surface area contributed by atoms with Gasteiger partial charge in [-0.15, -0.1) is 0 Å². The molecule has 2 heterocycles. The number of aliphatic carboxylic acids is 1. The van der Waals surface area contributed by atoms with E-state index >= 15 is 0 Å². The SMILES string of the molecule is Cc1ccc(-c2nc3cc(C(=O)N4CCC(CC(=O)O)CC4)ccc3o2)cc1. The van der Waals surface area contributed by atoms with Crippen LogP contribution in [0.25, 0.3) is 22.6 Å². The van der Waals surface area contributed by atoms with E-state index in [1.165, 1.54) is 5.56 Å². The maximum atomic E-state index is 12.8. The van der Waals surface area contributed by atoms with Crippen LogP contribution in [0.2, 0.25) is 0 Å². The van der Waals surface area contributed by atoms with E-state index in [-0.39, 0.29) is 18.2 Å². The molecule has 28 heavy (non-hydrogen) atoms. The first kappa shape index (κ1) is 18.2. The van der Waals surface area contributed by atoms with Crippen molar-refractivity contribution in [2.75, 3.05) is 13.1 Å². The molecule has 2 aromatic carbocycles. The molecule has 1 fully saturated rings. The van der Waals surface area contributed by atoms with Gasteiger partial charge in [-0.05, 0) is 56.0 Å². The molecule has 1 aliphatic heterocycles. The molecule has 1 aliphatic rings. The fourth-order valence-corrected chi connectivity index (χ4v) is 3.65. The van der Waals surface area contributed by atoms with Crippen molar-refractivity contribution < 1.29 is 19.1 Å². The Bertz CT molecular complexity index is 1010. The lowest BCUT2D eigenvalue weighted by atomic mass is 9.93. The number of carbonyl (C=O) groups excluding carboxylic acids is 1. The van der Waals surface area contributed by atoms with Crippen LogP contribution in [0.15, 0.2) is 46.9 Å². The molecule has 1 N–H and O–H groups in total. The van der Waals surface area contributed by atoms with Gasteiger partial charge >= 0.3 is 5.97 Å². The third kappa shape index (κ3) is 3.76. The Morgan fingerprint density at radius 1 is 1.14 bits per heavy atom. The van der Waals surface area contributed by atoms with Gasteiger partial charge in [0.05, 0.1) is 0 Å². The predicted molar refractivity (Wildman–Crippen MR) is 105 cm³/mol. The number of piperidine rings is 1. The van der Waals surface area contributed by atoms with Crippen LogP contribution in [0.1, 0.15) is 35.2 Å². The minimum atomic E-state index is -0.773. The van der Waals surface area contributed by atoms with E-state index in [0.717, 1.165) is 18.4 Å². The lowest BCUT2D eigenvalue weighted by molar-refractivity contribution is -0.138. The number of carboxylic acid groups (broad SMARTS) is 1. The Kier molecular flexibility index (Phi) is 4.86. The van der Waals surface area contributed by atoms with Crippen molar-refractivity contribution in [1.29, 1.82) is 0 Å². The Balaban J connectivity index is 1.51. The van der Waals surface area contributed by atoms with Crippen LogP contribution in [0.3, 0.4) is 0 Å². The van der Waals surface area contributed by atoms with Crippen LogP contribution in [0.4, 0.5) is 0 Å². The van der Waals surface area contributed by atoms with Crippen molar-refractivity contribution in [2.45, 2.75) is 26.2 Å².